The van der Waals surface area contributed by atoms with Crippen LogP contribution < -0.4 is 0 Å². The molecule has 96 valence electrons. The molecule has 3 nitrogen and oxygen atoms in total. The molecule has 5 heteroatoms. The Morgan fingerprint density at radius 2 is 2.22 bits per heavy atom. The number of amides is 1. The van der Waals surface area contributed by atoms with Crippen molar-refractivity contribution in [1.82, 2.24) is 4.90 Å². The first-order valence-corrected chi connectivity index (χ1v) is 6.46. The third-order valence-electron chi connectivity index (χ3n) is 2.53. The molecular weight excluding hydrogens is 268 g/mol. The second kappa shape index (κ2) is 6.67. The lowest BCUT2D eigenvalue weighted by Gasteiger charge is -2.26. The monoisotopic (exact) mass is 282 g/mol. The van der Waals surface area contributed by atoms with Gasteiger partial charge in [0, 0.05) is 17.5 Å². The molecule has 0 aliphatic heterocycles. The first kappa shape index (κ1) is 14.9. The van der Waals surface area contributed by atoms with E-state index >= 15 is 0 Å². The maximum absolute atomic E-state index is 12.4. The van der Waals surface area contributed by atoms with Crippen LogP contribution in [0.15, 0.2) is 23.1 Å². The molecule has 0 spiro atoms. The zero-order chi connectivity index (χ0) is 13.7. The molecule has 0 saturated carbocycles. The van der Waals surface area contributed by atoms with Crippen molar-refractivity contribution in [3.8, 4) is 6.07 Å². The van der Waals surface area contributed by atoms with E-state index in [2.05, 4.69) is 12.6 Å². The number of thiol groups is 1. The maximum atomic E-state index is 12.4. The number of carbonyl (C=O) groups excluding carboxylic acids is 1. The van der Waals surface area contributed by atoms with Gasteiger partial charge in [0.1, 0.15) is 0 Å². The number of carbonyl (C=O) groups is 1. The molecular formula is C13H15ClN2OS. The van der Waals surface area contributed by atoms with Crippen LogP contribution >= 0.6 is 24.2 Å². The van der Waals surface area contributed by atoms with Crippen LogP contribution in [0.5, 0.6) is 0 Å². The predicted molar refractivity (Wildman–Crippen MR) is 75.1 cm³/mol. The molecule has 0 saturated heterocycles. The summed E-state index contributed by atoms with van der Waals surface area (Å²) in [6.07, 6.45) is 0.308. The smallest absolute Gasteiger partial charge is 0.255 e. The summed E-state index contributed by atoms with van der Waals surface area (Å²) < 4.78 is 0. The highest BCUT2D eigenvalue weighted by Gasteiger charge is 2.20. The summed E-state index contributed by atoms with van der Waals surface area (Å²) in [5, 5.41) is 9.02. The molecule has 1 amide bonds. The molecule has 18 heavy (non-hydrogen) atoms. The van der Waals surface area contributed by atoms with Gasteiger partial charge in [0.25, 0.3) is 5.91 Å². The van der Waals surface area contributed by atoms with Crippen LogP contribution in [0.25, 0.3) is 0 Å². The van der Waals surface area contributed by atoms with E-state index in [0.29, 0.717) is 28.4 Å². The molecule has 0 heterocycles. The molecule has 0 atom stereocenters. The van der Waals surface area contributed by atoms with Crippen LogP contribution in [-0.2, 0) is 0 Å². The van der Waals surface area contributed by atoms with E-state index in [1.54, 1.807) is 23.1 Å². The van der Waals surface area contributed by atoms with E-state index in [-0.39, 0.29) is 11.9 Å². The molecule has 0 aromatic heterocycles. The number of hydrogen-bond acceptors (Lipinski definition) is 3. The molecule has 0 aliphatic carbocycles. The summed E-state index contributed by atoms with van der Waals surface area (Å²) in [5.74, 6) is -0.166. The summed E-state index contributed by atoms with van der Waals surface area (Å²) in [4.78, 5) is 14.7. The van der Waals surface area contributed by atoms with Crippen LogP contribution in [0.2, 0.25) is 5.02 Å². The van der Waals surface area contributed by atoms with Crippen molar-refractivity contribution in [1.29, 1.82) is 5.26 Å². The van der Waals surface area contributed by atoms with Gasteiger partial charge in [-0.05, 0) is 32.0 Å². The maximum Gasteiger partial charge on any atom is 0.255 e. The van der Waals surface area contributed by atoms with E-state index in [4.69, 9.17) is 16.9 Å². The van der Waals surface area contributed by atoms with Gasteiger partial charge in [0.15, 0.2) is 0 Å². The van der Waals surface area contributed by atoms with E-state index in [0.717, 1.165) is 0 Å². The second-order valence-electron chi connectivity index (χ2n) is 4.16. The van der Waals surface area contributed by atoms with Crippen molar-refractivity contribution >= 4 is 30.1 Å². The van der Waals surface area contributed by atoms with E-state index < -0.39 is 0 Å². The average molecular weight is 283 g/mol. The molecule has 1 rings (SSSR count). The lowest BCUT2D eigenvalue weighted by molar-refractivity contribution is 0.0710. The SMILES string of the molecule is CC(C)N(CCC#N)C(=O)c1cc(S)ccc1Cl. The zero-order valence-corrected chi connectivity index (χ0v) is 12.0. The first-order chi connectivity index (χ1) is 8.47. The zero-order valence-electron chi connectivity index (χ0n) is 10.4. The van der Waals surface area contributed by atoms with Crippen LogP contribution in [0.4, 0.5) is 0 Å². The van der Waals surface area contributed by atoms with E-state index in [1.165, 1.54) is 0 Å². The minimum Gasteiger partial charge on any atom is -0.335 e. The summed E-state index contributed by atoms with van der Waals surface area (Å²) in [6, 6.07) is 7.10. The molecule has 0 bridgehead atoms. The van der Waals surface area contributed by atoms with Gasteiger partial charge in [-0.1, -0.05) is 11.6 Å². The first-order valence-electron chi connectivity index (χ1n) is 5.63. The van der Waals surface area contributed by atoms with Crippen LogP contribution in [0.1, 0.15) is 30.6 Å². The van der Waals surface area contributed by atoms with Crippen LogP contribution in [-0.4, -0.2) is 23.4 Å². The van der Waals surface area contributed by atoms with Crippen molar-refractivity contribution in [2.75, 3.05) is 6.54 Å². The molecule has 0 unspecified atom stereocenters. The van der Waals surface area contributed by atoms with Crippen molar-refractivity contribution in [2.45, 2.75) is 31.2 Å². The summed E-state index contributed by atoms with van der Waals surface area (Å²) in [6.45, 7) is 4.22. The normalized spacial score (nSPS) is 10.2. The lowest BCUT2D eigenvalue weighted by Crippen LogP contribution is -2.37. The number of hydrogen-bond donors (Lipinski definition) is 1. The summed E-state index contributed by atoms with van der Waals surface area (Å²) >= 11 is 10.2. The minimum absolute atomic E-state index is 0.0190. The van der Waals surface area contributed by atoms with Gasteiger partial charge in [-0.3, -0.25) is 4.79 Å². The largest absolute Gasteiger partial charge is 0.335 e. The average Bonchev–Trinajstić information content (AvgIpc) is 2.32. The fourth-order valence-electron chi connectivity index (χ4n) is 1.60. The topological polar surface area (TPSA) is 44.1 Å². The van der Waals surface area contributed by atoms with Gasteiger partial charge >= 0.3 is 0 Å². The van der Waals surface area contributed by atoms with Gasteiger partial charge in [0.2, 0.25) is 0 Å². The molecule has 1 aromatic carbocycles. The molecule has 0 radical (unpaired) electrons. The van der Waals surface area contributed by atoms with Crippen molar-refractivity contribution in [2.24, 2.45) is 0 Å². The Morgan fingerprint density at radius 1 is 1.56 bits per heavy atom. The Balaban J connectivity index is 3.02. The Kier molecular flexibility index (Phi) is 5.52. The molecule has 0 fully saturated rings. The highest BCUT2D eigenvalue weighted by atomic mass is 35.5. The fraction of sp³-hybridized carbons (Fsp3) is 0.385. The van der Waals surface area contributed by atoms with Gasteiger partial charge in [0.05, 0.1) is 23.1 Å². The molecule has 1 aromatic rings. The highest BCUT2D eigenvalue weighted by molar-refractivity contribution is 7.80. The van der Waals surface area contributed by atoms with Crippen LogP contribution in [0, 0.1) is 11.3 Å². The van der Waals surface area contributed by atoms with Crippen molar-refractivity contribution in [3.63, 3.8) is 0 Å². The number of benzene rings is 1. The molecule has 0 N–H and O–H groups in total. The highest BCUT2D eigenvalue weighted by Crippen LogP contribution is 2.22. The van der Waals surface area contributed by atoms with Gasteiger partial charge < -0.3 is 4.90 Å². The Labute approximate surface area is 118 Å². The fourth-order valence-corrected chi connectivity index (χ4v) is 2.00. The Hall–Kier alpha value is -1.18. The summed E-state index contributed by atoms with van der Waals surface area (Å²) in [5.41, 5.74) is 0.427. The van der Waals surface area contributed by atoms with Crippen molar-refractivity contribution < 1.29 is 4.79 Å². The quantitative estimate of drug-likeness (QED) is 0.860. The van der Waals surface area contributed by atoms with Gasteiger partial charge in [-0.25, -0.2) is 0 Å². The predicted octanol–water partition coefficient (Wildman–Crippen LogP) is 3.39. The van der Waals surface area contributed by atoms with Gasteiger partial charge in [-0.15, -0.1) is 12.6 Å². The third kappa shape index (κ3) is 3.66. The lowest BCUT2D eigenvalue weighted by atomic mass is 10.1. The number of nitriles is 1. The van der Waals surface area contributed by atoms with E-state index in [1.807, 2.05) is 19.9 Å². The number of rotatable bonds is 4. The third-order valence-corrected chi connectivity index (χ3v) is 3.14. The Morgan fingerprint density at radius 3 is 2.78 bits per heavy atom. The van der Waals surface area contributed by atoms with E-state index in [9.17, 15) is 4.79 Å². The second-order valence-corrected chi connectivity index (χ2v) is 5.09. The number of nitrogens with zero attached hydrogens (tertiary/aromatic N) is 2. The van der Waals surface area contributed by atoms with Gasteiger partial charge in [-0.2, -0.15) is 5.26 Å². The number of halogens is 1. The Bertz CT molecular complexity index is 482. The van der Waals surface area contributed by atoms with Crippen LogP contribution in [0.3, 0.4) is 0 Å². The minimum atomic E-state index is -0.166. The standard InChI is InChI=1S/C13H15ClN2OS/c1-9(2)16(7-3-6-15)13(17)11-8-10(18)4-5-12(11)14/h4-5,8-9,18H,3,7H2,1-2H3. The van der Waals surface area contributed by atoms with Crippen molar-refractivity contribution in [3.05, 3.63) is 28.8 Å². The summed E-state index contributed by atoms with van der Waals surface area (Å²) in [7, 11) is 0. The molecule has 0 aliphatic rings.